The van der Waals surface area contributed by atoms with Crippen molar-refractivity contribution < 1.29 is 27.7 Å². The van der Waals surface area contributed by atoms with Crippen LogP contribution in [0.5, 0.6) is 0 Å². The van der Waals surface area contributed by atoms with Gasteiger partial charge in [0, 0.05) is 0 Å². The lowest BCUT2D eigenvalue weighted by Crippen LogP contribution is -2.29. The van der Waals surface area contributed by atoms with Gasteiger partial charge in [-0.15, -0.1) is 0 Å². The molecule has 1 aliphatic heterocycles. The van der Waals surface area contributed by atoms with Crippen LogP contribution in [0.2, 0.25) is 0 Å². The molecule has 0 saturated heterocycles. The number of nitrogens with zero attached hydrogens (tertiary/aromatic N) is 4. The Morgan fingerprint density at radius 1 is 1.18 bits per heavy atom. The van der Waals surface area contributed by atoms with Gasteiger partial charge in [-0.2, -0.15) is 28.8 Å². The normalized spacial score (nSPS) is 17.2. The van der Waals surface area contributed by atoms with Gasteiger partial charge in [-0.3, -0.25) is 9.35 Å². The fraction of sp³-hybridized carbons (Fsp3) is 0.118. The molecule has 0 spiro atoms. The SMILES string of the molecule is CC1=NN(c2ccccc2)C(=O)C1N=Nc1cc(S(=O)(=O)O)ccc1C(=O)O. The fourth-order valence-corrected chi connectivity index (χ4v) is 3.00. The summed E-state index contributed by atoms with van der Waals surface area (Å²) in [6.07, 6.45) is 0. The topological polar surface area (TPSA) is 149 Å². The lowest BCUT2D eigenvalue weighted by atomic mass is 10.2. The summed E-state index contributed by atoms with van der Waals surface area (Å²) < 4.78 is 31.7. The third kappa shape index (κ3) is 3.80. The predicted molar refractivity (Wildman–Crippen MR) is 98.6 cm³/mol. The number of aromatic carboxylic acids is 1. The number of carboxylic acid groups (broad SMARTS) is 1. The second-order valence-electron chi connectivity index (χ2n) is 5.80. The van der Waals surface area contributed by atoms with Crippen LogP contribution in [0.3, 0.4) is 0 Å². The second kappa shape index (κ2) is 7.29. The highest BCUT2D eigenvalue weighted by molar-refractivity contribution is 7.85. The third-order valence-corrected chi connectivity index (χ3v) is 4.72. The highest BCUT2D eigenvalue weighted by Crippen LogP contribution is 2.26. The molecular weight excluding hydrogens is 388 g/mol. The summed E-state index contributed by atoms with van der Waals surface area (Å²) in [5, 5.41) is 22.1. The minimum absolute atomic E-state index is 0.318. The molecule has 10 nitrogen and oxygen atoms in total. The number of anilines is 1. The molecule has 1 unspecified atom stereocenters. The molecule has 28 heavy (non-hydrogen) atoms. The first-order valence-corrected chi connectivity index (χ1v) is 9.32. The molecule has 0 aliphatic carbocycles. The molecule has 11 heteroatoms. The average molecular weight is 402 g/mol. The maximum Gasteiger partial charge on any atom is 0.337 e. The van der Waals surface area contributed by atoms with E-state index in [1.165, 1.54) is 0 Å². The summed E-state index contributed by atoms with van der Waals surface area (Å²) in [6.45, 7) is 1.57. The van der Waals surface area contributed by atoms with Crippen molar-refractivity contribution in [3.63, 3.8) is 0 Å². The first-order valence-electron chi connectivity index (χ1n) is 7.88. The minimum Gasteiger partial charge on any atom is -0.478 e. The van der Waals surface area contributed by atoms with Crippen molar-refractivity contribution in [1.82, 2.24) is 0 Å². The average Bonchev–Trinajstić information content (AvgIpc) is 2.93. The minimum atomic E-state index is -4.56. The van der Waals surface area contributed by atoms with Crippen molar-refractivity contribution >= 4 is 39.1 Å². The molecule has 1 amide bonds. The van der Waals surface area contributed by atoms with Crippen molar-refractivity contribution in [2.24, 2.45) is 15.3 Å². The number of para-hydroxylation sites is 1. The molecule has 0 fully saturated rings. The van der Waals surface area contributed by atoms with Crippen LogP contribution in [-0.2, 0) is 14.9 Å². The van der Waals surface area contributed by atoms with Crippen LogP contribution in [0.1, 0.15) is 17.3 Å². The number of amides is 1. The zero-order valence-electron chi connectivity index (χ0n) is 14.4. The van der Waals surface area contributed by atoms with Gasteiger partial charge >= 0.3 is 5.97 Å². The molecule has 3 rings (SSSR count). The van der Waals surface area contributed by atoms with Crippen LogP contribution in [0, 0.1) is 0 Å². The van der Waals surface area contributed by atoms with Gasteiger partial charge in [0.1, 0.15) is 5.69 Å². The first kappa shape index (κ1) is 19.3. The van der Waals surface area contributed by atoms with Crippen molar-refractivity contribution in [2.45, 2.75) is 17.9 Å². The van der Waals surface area contributed by atoms with E-state index in [4.69, 9.17) is 4.55 Å². The van der Waals surface area contributed by atoms with E-state index in [-0.39, 0.29) is 11.3 Å². The summed E-state index contributed by atoms with van der Waals surface area (Å²) in [5.74, 6) is -1.86. The monoisotopic (exact) mass is 402 g/mol. The van der Waals surface area contributed by atoms with E-state index in [2.05, 4.69) is 15.3 Å². The van der Waals surface area contributed by atoms with E-state index >= 15 is 0 Å². The molecule has 0 radical (unpaired) electrons. The predicted octanol–water partition coefficient (Wildman–Crippen LogP) is 2.51. The Morgan fingerprint density at radius 2 is 1.86 bits per heavy atom. The molecule has 2 aromatic carbocycles. The Balaban J connectivity index is 1.95. The van der Waals surface area contributed by atoms with Crippen molar-refractivity contribution in [2.75, 3.05) is 5.01 Å². The molecule has 1 heterocycles. The number of hydrogen-bond acceptors (Lipinski definition) is 7. The zero-order chi connectivity index (χ0) is 20.5. The summed E-state index contributed by atoms with van der Waals surface area (Å²) in [4.78, 5) is 23.4. The van der Waals surface area contributed by atoms with Crippen LogP contribution >= 0.6 is 0 Å². The fourth-order valence-electron chi connectivity index (χ4n) is 2.50. The van der Waals surface area contributed by atoms with E-state index < -0.39 is 32.9 Å². The molecule has 0 aromatic heterocycles. The number of carbonyl (C=O) groups is 2. The van der Waals surface area contributed by atoms with E-state index in [1.807, 2.05) is 0 Å². The van der Waals surface area contributed by atoms with Gasteiger partial charge in [-0.1, -0.05) is 18.2 Å². The van der Waals surface area contributed by atoms with Gasteiger partial charge in [0.15, 0.2) is 6.04 Å². The lowest BCUT2D eigenvalue weighted by Gasteiger charge is -2.11. The van der Waals surface area contributed by atoms with Crippen LogP contribution in [0.4, 0.5) is 11.4 Å². The largest absolute Gasteiger partial charge is 0.478 e. The van der Waals surface area contributed by atoms with Gasteiger partial charge in [0.2, 0.25) is 0 Å². The number of hydrazone groups is 1. The third-order valence-electron chi connectivity index (χ3n) is 3.88. The summed E-state index contributed by atoms with van der Waals surface area (Å²) >= 11 is 0. The molecule has 1 aliphatic rings. The zero-order valence-corrected chi connectivity index (χ0v) is 15.2. The van der Waals surface area contributed by atoms with Gasteiger partial charge < -0.3 is 5.11 Å². The molecule has 2 aromatic rings. The maximum atomic E-state index is 12.6. The van der Waals surface area contributed by atoms with Gasteiger partial charge in [0.05, 0.1) is 21.9 Å². The van der Waals surface area contributed by atoms with Crippen LogP contribution in [-0.4, -0.2) is 41.7 Å². The standard InChI is InChI=1S/C17H14N4O6S/c1-10-15(16(22)21(20-10)11-5-3-2-4-6-11)19-18-14-9-12(28(25,26)27)7-8-13(14)17(23)24/h2-9,15H,1H3,(H,23,24)(H,25,26,27). The summed E-state index contributed by atoms with van der Waals surface area (Å²) in [6, 6.07) is 10.3. The highest BCUT2D eigenvalue weighted by atomic mass is 32.2. The van der Waals surface area contributed by atoms with Gasteiger partial charge in [-0.05, 0) is 37.3 Å². The molecule has 0 saturated carbocycles. The Labute approximate surface area is 159 Å². The number of carbonyl (C=O) groups excluding carboxylic acids is 1. The van der Waals surface area contributed by atoms with Crippen LogP contribution in [0.25, 0.3) is 0 Å². The molecule has 2 N–H and O–H groups in total. The van der Waals surface area contributed by atoms with Crippen molar-refractivity contribution in [1.29, 1.82) is 0 Å². The molecule has 144 valence electrons. The Morgan fingerprint density at radius 3 is 2.46 bits per heavy atom. The summed E-state index contributed by atoms with van der Waals surface area (Å²) in [7, 11) is -4.56. The van der Waals surface area contributed by atoms with E-state index in [9.17, 15) is 23.1 Å². The van der Waals surface area contributed by atoms with E-state index in [0.29, 0.717) is 11.4 Å². The van der Waals surface area contributed by atoms with Gasteiger partial charge in [-0.25, -0.2) is 4.79 Å². The van der Waals surface area contributed by atoms with E-state index in [0.717, 1.165) is 23.2 Å². The molecule has 1 atom stereocenters. The van der Waals surface area contributed by atoms with Crippen molar-refractivity contribution in [3.05, 3.63) is 54.1 Å². The number of hydrogen-bond donors (Lipinski definition) is 2. The Hall–Kier alpha value is -3.44. The highest BCUT2D eigenvalue weighted by Gasteiger charge is 2.34. The Bertz CT molecular complexity index is 1110. The number of rotatable bonds is 5. The summed E-state index contributed by atoms with van der Waals surface area (Å²) in [5.41, 5.74) is 0.210. The quantitative estimate of drug-likeness (QED) is 0.579. The molecular formula is C17H14N4O6S. The smallest absolute Gasteiger partial charge is 0.337 e. The number of benzene rings is 2. The Kier molecular flexibility index (Phi) is 5.03. The van der Waals surface area contributed by atoms with Crippen LogP contribution < -0.4 is 5.01 Å². The number of azo groups is 1. The van der Waals surface area contributed by atoms with Gasteiger partial charge in [0.25, 0.3) is 16.0 Å². The van der Waals surface area contributed by atoms with E-state index in [1.54, 1.807) is 37.3 Å². The second-order valence-corrected chi connectivity index (χ2v) is 7.23. The first-order chi connectivity index (χ1) is 13.2. The van der Waals surface area contributed by atoms with Crippen LogP contribution in [0.15, 0.2) is 68.8 Å². The van der Waals surface area contributed by atoms with Crippen molar-refractivity contribution in [3.8, 4) is 0 Å². The number of carboxylic acids is 1. The lowest BCUT2D eigenvalue weighted by molar-refractivity contribution is -0.117. The maximum absolute atomic E-state index is 12.6. The molecule has 0 bridgehead atoms.